The van der Waals surface area contributed by atoms with E-state index in [1.54, 1.807) is 11.3 Å². The van der Waals surface area contributed by atoms with Gasteiger partial charge in [0.25, 0.3) is 0 Å². The first kappa shape index (κ1) is 6.84. The SMILES string of the molecule is N#CC1(c2cccs2)COC1. The van der Waals surface area contributed by atoms with E-state index in [-0.39, 0.29) is 5.41 Å². The molecule has 0 spiro atoms. The molecule has 0 unspecified atom stereocenters. The summed E-state index contributed by atoms with van der Waals surface area (Å²) >= 11 is 1.63. The highest BCUT2D eigenvalue weighted by atomic mass is 32.1. The maximum atomic E-state index is 8.88. The Morgan fingerprint density at radius 3 is 2.82 bits per heavy atom. The van der Waals surface area contributed by atoms with E-state index >= 15 is 0 Å². The van der Waals surface area contributed by atoms with Crippen molar-refractivity contribution >= 4 is 11.3 Å². The molecule has 11 heavy (non-hydrogen) atoms. The molecule has 0 aromatic carbocycles. The van der Waals surface area contributed by atoms with Gasteiger partial charge in [-0.05, 0) is 11.4 Å². The fourth-order valence-electron chi connectivity index (χ4n) is 1.12. The number of thiophene rings is 1. The van der Waals surface area contributed by atoms with Crippen LogP contribution < -0.4 is 0 Å². The lowest BCUT2D eigenvalue weighted by atomic mass is 9.86. The van der Waals surface area contributed by atoms with Gasteiger partial charge in [0.05, 0.1) is 19.3 Å². The Hall–Kier alpha value is -0.850. The Morgan fingerprint density at radius 1 is 1.64 bits per heavy atom. The number of hydrogen-bond acceptors (Lipinski definition) is 3. The summed E-state index contributed by atoms with van der Waals surface area (Å²) in [5.41, 5.74) is -0.311. The average Bonchev–Trinajstić information content (AvgIpc) is 2.39. The standard InChI is InChI=1S/C8H7NOS/c9-4-8(5-10-6-8)7-2-1-3-11-7/h1-3H,5-6H2. The Balaban J connectivity index is 2.34. The topological polar surface area (TPSA) is 33.0 Å². The van der Waals surface area contributed by atoms with Gasteiger partial charge in [-0.1, -0.05) is 6.07 Å². The first-order valence-corrected chi connectivity index (χ1v) is 4.28. The number of nitrogens with zero attached hydrogens (tertiary/aromatic N) is 1. The number of rotatable bonds is 1. The highest BCUT2D eigenvalue weighted by molar-refractivity contribution is 7.10. The van der Waals surface area contributed by atoms with E-state index in [1.165, 1.54) is 0 Å². The van der Waals surface area contributed by atoms with Gasteiger partial charge in [-0.25, -0.2) is 0 Å². The van der Waals surface area contributed by atoms with Gasteiger partial charge in [0.1, 0.15) is 5.41 Å². The monoisotopic (exact) mass is 165 g/mol. The van der Waals surface area contributed by atoms with E-state index in [1.807, 2.05) is 17.5 Å². The first-order chi connectivity index (χ1) is 5.37. The lowest BCUT2D eigenvalue weighted by Crippen LogP contribution is -2.44. The molecule has 1 aliphatic rings. The van der Waals surface area contributed by atoms with Crippen molar-refractivity contribution in [3.05, 3.63) is 22.4 Å². The minimum absolute atomic E-state index is 0.311. The van der Waals surface area contributed by atoms with Gasteiger partial charge in [-0.3, -0.25) is 0 Å². The Bertz CT molecular complexity index is 282. The Labute approximate surface area is 69.0 Å². The second kappa shape index (κ2) is 2.33. The molecule has 1 fully saturated rings. The fourth-order valence-corrected chi connectivity index (χ4v) is 1.97. The van der Waals surface area contributed by atoms with Crippen LogP contribution in [0.3, 0.4) is 0 Å². The van der Waals surface area contributed by atoms with Crippen LogP contribution in [0.25, 0.3) is 0 Å². The van der Waals surface area contributed by atoms with Crippen molar-refractivity contribution in [1.82, 2.24) is 0 Å². The zero-order valence-corrected chi connectivity index (χ0v) is 6.73. The zero-order valence-electron chi connectivity index (χ0n) is 5.91. The predicted octanol–water partition coefficient (Wildman–Crippen LogP) is 1.54. The summed E-state index contributed by atoms with van der Waals surface area (Å²) in [7, 11) is 0. The summed E-state index contributed by atoms with van der Waals surface area (Å²) < 4.78 is 5.04. The molecule has 0 bridgehead atoms. The molecule has 1 saturated heterocycles. The van der Waals surface area contributed by atoms with E-state index in [9.17, 15) is 0 Å². The maximum absolute atomic E-state index is 8.88. The van der Waals surface area contributed by atoms with Crippen LogP contribution in [0.4, 0.5) is 0 Å². The summed E-state index contributed by atoms with van der Waals surface area (Å²) in [4.78, 5) is 1.13. The van der Waals surface area contributed by atoms with Crippen molar-refractivity contribution in [3.8, 4) is 6.07 Å². The van der Waals surface area contributed by atoms with Gasteiger partial charge >= 0.3 is 0 Å². The van der Waals surface area contributed by atoms with Crippen LogP contribution in [0, 0.1) is 11.3 Å². The van der Waals surface area contributed by atoms with Crippen LogP contribution >= 0.6 is 11.3 Å². The second-order valence-corrected chi connectivity index (χ2v) is 3.61. The van der Waals surface area contributed by atoms with Crippen LogP contribution in [-0.4, -0.2) is 13.2 Å². The average molecular weight is 165 g/mol. The van der Waals surface area contributed by atoms with E-state index in [0.29, 0.717) is 13.2 Å². The lowest BCUT2D eigenvalue weighted by Gasteiger charge is -2.33. The molecule has 0 atom stereocenters. The summed E-state index contributed by atoms with van der Waals surface area (Å²) in [6.07, 6.45) is 0. The van der Waals surface area contributed by atoms with Gasteiger partial charge in [0.2, 0.25) is 0 Å². The van der Waals surface area contributed by atoms with Crippen LogP contribution in [0.5, 0.6) is 0 Å². The summed E-state index contributed by atoms with van der Waals surface area (Å²) in [5.74, 6) is 0. The van der Waals surface area contributed by atoms with Crippen molar-refractivity contribution < 1.29 is 4.74 Å². The smallest absolute Gasteiger partial charge is 0.138 e. The van der Waals surface area contributed by atoms with Crippen LogP contribution in [0.15, 0.2) is 17.5 Å². The third-order valence-electron chi connectivity index (χ3n) is 1.90. The van der Waals surface area contributed by atoms with Gasteiger partial charge in [-0.2, -0.15) is 5.26 Å². The van der Waals surface area contributed by atoms with Gasteiger partial charge in [-0.15, -0.1) is 11.3 Å². The lowest BCUT2D eigenvalue weighted by molar-refractivity contribution is -0.0280. The molecule has 3 heteroatoms. The van der Waals surface area contributed by atoms with E-state index in [2.05, 4.69) is 6.07 Å². The summed E-state index contributed by atoms with van der Waals surface area (Å²) in [5, 5.41) is 10.9. The van der Waals surface area contributed by atoms with Crippen molar-refractivity contribution in [2.24, 2.45) is 0 Å². The third-order valence-corrected chi connectivity index (χ3v) is 2.98. The van der Waals surface area contributed by atoms with E-state index in [4.69, 9.17) is 10.00 Å². The van der Waals surface area contributed by atoms with Crippen molar-refractivity contribution in [1.29, 1.82) is 5.26 Å². The molecule has 1 aromatic heterocycles. The van der Waals surface area contributed by atoms with Crippen LogP contribution in [-0.2, 0) is 10.2 Å². The molecule has 2 nitrogen and oxygen atoms in total. The normalized spacial score (nSPS) is 20.3. The maximum Gasteiger partial charge on any atom is 0.138 e. The summed E-state index contributed by atoms with van der Waals surface area (Å²) in [6.45, 7) is 1.12. The Kier molecular flexibility index (Phi) is 1.45. The quantitative estimate of drug-likeness (QED) is 0.632. The van der Waals surface area contributed by atoms with Crippen LogP contribution in [0.2, 0.25) is 0 Å². The minimum Gasteiger partial charge on any atom is -0.377 e. The fraction of sp³-hybridized carbons (Fsp3) is 0.375. The second-order valence-electron chi connectivity index (χ2n) is 2.66. The van der Waals surface area contributed by atoms with E-state index in [0.717, 1.165) is 4.88 Å². The molecule has 0 saturated carbocycles. The molecular weight excluding hydrogens is 158 g/mol. The Morgan fingerprint density at radius 2 is 2.45 bits per heavy atom. The largest absolute Gasteiger partial charge is 0.377 e. The molecule has 2 heterocycles. The molecule has 2 rings (SSSR count). The molecule has 0 N–H and O–H groups in total. The number of hydrogen-bond donors (Lipinski definition) is 0. The highest BCUT2D eigenvalue weighted by Crippen LogP contribution is 2.34. The number of ether oxygens (including phenoxy) is 1. The molecule has 1 aliphatic heterocycles. The van der Waals surface area contributed by atoms with E-state index < -0.39 is 0 Å². The zero-order chi connectivity index (χ0) is 7.73. The van der Waals surface area contributed by atoms with Gasteiger partial charge in [0.15, 0.2) is 0 Å². The van der Waals surface area contributed by atoms with Gasteiger partial charge < -0.3 is 4.74 Å². The predicted molar refractivity (Wildman–Crippen MR) is 42.4 cm³/mol. The van der Waals surface area contributed by atoms with Gasteiger partial charge in [0, 0.05) is 4.88 Å². The third kappa shape index (κ3) is 0.873. The molecule has 56 valence electrons. The molecular formula is C8H7NOS. The van der Waals surface area contributed by atoms with Crippen molar-refractivity contribution in [2.75, 3.05) is 13.2 Å². The van der Waals surface area contributed by atoms with Crippen molar-refractivity contribution in [3.63, 3.8) is 0 Å². The van der Waals surface area contributed by atoms with Crippen LogP contribution in [0.1, 0.15) is 4.88 Å². The molecule has 1 aromatic rings. The number of nitriles is 1. The molecule has 0 aliphatic carbocycles. The first-order valence-electron chi connectivity index (χ1n) is 3.40. The highest BCUT2D eigenvalue weighted by Gasteiger charge is 2.41. The van der Waals surface area contributed by atoms with Crippen molar-refractivity contribution in [2.45, 2.75) is 5.41 Å². The molecule has 0 amide bonds. The summed E-state index contributed by atoms with van der Waals surface area (Å²) in [6, 6.07) is 6.27. The minimum atomic E-state index is -0.311. The molecule has 0 radical (unpaired) electrons.